The van der Waals surface area contributed by atoms with E-state index in [-0.39, 0.29) is 18.8 Å². The Morgan fingerprint density at radius 3 is 2.52 bits per heavy atom. The summed E-state index contributed by atoms with van der Waals surface area (Å²) in [7, 11) is 3.27. The largest absolute Gasteiger partial charge is 0.496 e. The molecule has 3 fully saturated rings. The van der Waals surface area contributed by atoms with Crippen LogP contribution in [0.2, 0.25) is 0 Å². The van der Waals surface area contributed by atoms with Crippen LogP contribution in [-0.2, 0) is 19.1 Å². The Morgan fingerprint density at radius 2 is 1.88 bits per heavy atom. The fourth-order valence-electron chi connectivity index (χ4n) is 6.99. The number of fused-ring (bicyclic) bond motifs is 1. The number of methoxy groups -OCH3 is 2. The number of hydrogen-bond acceptors (Lipinski definition) is 7. The Bertz CT molecular complexity index is 1160. The van der Waals surface area contributed by atoms with E-state index in [1.54, 1.807) is 19.1 Å². The third kappa shape index (κ3) is 5.14. The Morgan fingerprint density at radius 1 is 1.18 bits per heavy atom. The van der Waals surface area contributed by atoms with E-state index in [4.69, 9.17) is 14.2 Å². The van der Waals surface area contributed by atoms with Crippen molar-refractivity contribution < 1.29 is 33.7 Å². The topological polar surface area (TPSA) is 106 Å². The second-order valence-corrected chi connectivity index (χ2v) is 12.6. The zero-order chi connectivity index (χ0) is 28.4. The molecule has 10 heteroatoms. The number of benzene rings is 1. The molecule has 9 nitrogen and oxygen atoms in total. The molecule has 1 aromatic rings. The van der Waals surface area contributed by atoms with Gasteiger partial charge in [0.15, 0.2) is 0 Å². The highest BCUT2D eigenvalue weighted by Gasteiger charge is 2.60. The van der Waals surface area contributed by atoms with Crippen molar-refractivity contribution in [1.29, 1.82) is 0 Å². The minimum Gasteiger partial charge on any atom is -0.496 e. The molecule has 3 atom stereocenters. The second kappa shape index (κ2) is 12.1. The van der Waals surface area contributed by atoms with Crippen LogP contribution in [0.25, 0.3) is 0 Å². The predicted octanol–water partition coefficient (Wildman–Crippen LogP) is 4.87. The van der Waals surface area contributed by atoms with Crippen molar-refractivity contribution in [3.8, 4) is 5.75 Å². The molecule has 3 heterocycles. The van der Waals surface area contributed by atoms with E-state index in [0.717, 1.165) is 59.2 Å². The number of urea groups is 1. The Hall–Kier alpha value is -2.56. The number of carbonyl (C=O) groups excluding carboxylic acids is 2. The van der Waals surface area contributed by atoms with Gasteiger partial charge in [-0.25, -0.2) is 14.5 Å². The molecular weight excluding hydrogens is 532 g/mol. The van der Waals surface area contributed by atoms with Crippen molar-refractivity contribution in [1.82, 2.24) is 9.80 Å². The van der Waals surface area contributed by atoms with Crippen LogP contribution in [0.3, 0.4) is 0 Å². The number of ether oxygens (including phenoxy) is 3. The highest BCUT2D eigenvalue weighted by molar-refractivity contribution is 8.04. The maximum Gasteiger partial charge on any atom is 0.330 e. The van der Waals surface area contributed by atoms with Gasteiger partial charge in [0.1, 0.15) is 11.3 Å². The highest BCUT2D eigenvalue weighted by Crippen LogP contribution is 2.51. The molecule has 4 aliphatic rings. The van der Waals surface area contributed by atoms with E-state index in [0.29, 0.717) is 31.9 Å². The van der Waals surface area contributed by atoms with E-state index < -0.39 is 34.7 Å². The van der Waals surface area contributed by atoms with Gasteiger partial charge >= 0.3 is 12.0 Å². The molecule has 1 aliphatic carbocycles. The molecule has 0 aromatic heterocycles. The lowest BCUT2D eigenvalue weighted by atomic mass is 9.83. The molecule has 3 aliphatic heterocycles. The van der Waals surface area contributed by atoms with E-state index in [2.05, 4.69) is 6.07 Å². The SMILES string of the molecule is COCC1=C(C)C2C(=O)N(C3(C(=O)O)CCCC3)C(=O)N(C[C@H](CC3CCOCC3)c3ccccc3OC)C2S1. The van der Waals surface area contributed by atoms with E-state index in [1.165, 1.54) is 11.8 Å². The molecule has 1 saturated carbocycles. The summed E-state index contributed by atoms with van der Waals surface area (Å²) < 4.78 is 16.8. The normalized spacial score (nSPS) is 25.9. The maximum absolute atomic E-state index is 14.4. The highest BCUT2D eigenvalue weighted by atomic mass is 32.2. The molecule has 0 bridgehead atoms. The number of hydrogen-bond donors (Lipinski definition) is 1. The predicted molar refractivity (Wildman–Crippen MR) is 151 cm³/mol. The third-order valence-electron chi connectivity index (χ3n) is 9.17. The van der Waals surface area contributed by atoms with Crippen molar-refractivity contribution >= 4 is 29.7 Å². The average molecular weight is 573 g/mol. The van der Waals surface area contributed by atoms with Crippen LogP contribution >= 0.6 is 11.8 Å². The lowest BCUT2D eigenvalue weighted by Gasteiger charge is -2.48. The van der Waals surface area contributed by atoms with Crippen LogP contribution in [0, 0.1) is 11.8 Å². The van der Waals surface area contributed by atoms with E-state index in [1.807, 2.05) is 25.1 Å². The molecule has 1 N–H and O–H groups in total. The van der Waals surface area contributed by atoms with Crippen LogP contribution in [-0.4, -0.2) is 84.3 Å². The molecular formula is C30H40N2O7S. The summed E-state index contributed by atoms with van der Waals surface area (Å²) in [5, 5.41) is 9.95. The van der Waals surface area contributed by atoms with Gasteiger partial charge in [0, 0.05) is 37.7 Å². The second-order valence-electron chi connectivity index (χ2n) is 11.4. The van der Waals surface area contributed by atoms with Gasteiger partial charge in [-0.2, -0.15) is 0 Å². The fourth-order valence-corrected chi connectivity index (χ4v) is 8.54. The van der Waals surface area contributed by atoms with Crippen LogP contribution in [0.1, 0.15) is 63.4 Å². The molecule has 3 amide bonds. The number of para-hydroxylation sites is 1. The lowest BCUT2D eigenvalue weighted by molar-refractivity contribution is -0.159. The molecule has 2 saturated heterocycles. The first-order valence-electron chi connectivity index (χ1n) is 14.3. The summed E-state index contributed by atoms with van der Waals surface area (Å²) in [6, 6.07) is 7.41. The summed E-state index contributed by atoms with van der Waals surface area (Å²) in [5.74, 6) is -0.971. The first-order chi connectivity index (χ1) is 19.3. The zero-order valence-corrected chi connectivity index (χ0v) is 24.4. The number of carboxylic acids is 1. The van der Waals surface area contributed by atoms with Crippen molar-refractivity contribution in [3.05, 3.63) is 40.3 Å². The van der Waals surface area contributed by atoms with Crippen molar-refractivity contribution in [2.24, 2.45) is 11.8 Å². The molecule has 2 unspecified atom stereocenters. The van der Waals surface area contributed by atoms with E-state index >= 15 is 0 Å². The maximum atomic E-state index is 14.4. The van der Waals surface area contributed by atoms with Gasteiger partial charge in [-0.05, 0) is 62.1 Å². The quantitative estimate of drug-likeness (QED) is 0.424. The first-order valence-corrected chi connectivity index (χ1v) is 15.1. The monoisotopic (exact) mass is 572 g/mol. The lowest BCUT2D eigenvalue weighted by Crippen LogP contribution is -2.68. The van der Waals surface area contributed by atoms with Crippen molar-refractivity contribution in [3.63, 3.8) is 0 Å². The number of nitrogens with zero attached hydrogens (tertiary/aromatic N) is 2. The van der Waals surface area contributed by atoms with Crippen LogP contribution in [0.15, 0.2) is 34.7 Å². The Balaban J connectivity index is 1.56. The van der Waals surface area contributed by atoms with Gasteiger partial charge in [0.05, 0.1) is 25.0 Å². The van der Waals surface area contributed by atoms with Gasteiger partial charge in [0.2, 0.25) is 5.91 Å². The number of amides is 3. The zero-order valence-electron chi connectivity index (χ0n) is 23.6. The molecule has 0 spiro atoms. The summed E-state index contributed by atoms with van der Waals surface area (Å²) in [5.41, 5.74) is 0.372. The molecule has 1 aromatic carbocycles. The Labute approximate surface area is 240 Å². The fraction of sp³-hybridized carbons (Fsp3) is 0.633. The molecule has 5 rings (SSSR count). The first kappa shape index (κ1) is 29.0. The van der Waals surface area contributed by atoms with Crippen molar-refractivity contribution in [2.45, 2.75) is 68.7 Å². The Kier molecular flexibility index (Phi) is 8.78. The van der Waals surface area contributed by atoms with Crippen molar-refractivity contribution in [2.75, 3.05) is 40.6 Å². The molecule has 40 heavy (non-hydrogen) atoms. The van der Waals surface area contributed by atoms with E-state index in [9.17, 15) is 19.5 Å². The third-order valence-corrected chi connectivity index (χ3v) is 10.7. The smallest absolute Gasteiger partial charge is 0.330 e. The number of imide groups is 1. The number of rotatable bonds is 10. The number of aliphatic carboxylic acids is 1. The standard InChI is InChI=1S/C30H40N2O7S/c1-19-24(18-37-2)40-27-25(19)26(33)32(30(28(34)35)12-6-7-13-30)29(36)31(27)17-21(16-20-10-14-39-15-11-20)22-8-4-5-9-23(22)38-3/h4-5,8-9,20-21,25,27H,6-7,10-18H2,1-3H3,(H,34,35)/t21-,25?,27?/m0/s1. The number of thioether (sulfide) groups is 1. The van der Waals surface area contributed by atoms with Gasteiger partial charge < -0.3 is 24.2 Å². The molecule has 218 valence electrons. The molecule has 0 radical (unpaired) electrons. The minimum absolute atomic E-state index is 0.0596. The summed E-state index contributed by atoms with van der Waals surface area (Å²) >= 11 is 1.50. The van der Waals surface area contributed by atoms with Gasteiger partial charge in [-0.3, -0.25) is 4.79 Å². The number of carbonyl (C=O) groups is 3. The minimum atomic E-state index is -1.51. The van der Waals surface area contributed by atoms with Gasteiger partial charge in [0.25, 0.3) is 0 Å². The summed E-state index contributed by atoms with van der Waals surface area (Å²) in [6.07, 6.45) is 4.64. The van der Waals surface area contributed by atoms with Crippen LogP contribution in [0.5, 0.6) is 5.75 Å². The summed E-state index contributed by atoms with van der Waals surface area (Å²) in [4.78, 5) is 45.1. The summed E-state index contributed by atoms with van der Waals surface area (Å²) in [6.45, 7) is 4.06. The number of carboxylic acid groups (broad SMARTS) is 1. The van der Waals surface area contributed by atoms with Gasteiger partial charge in [-0.15, -0.1) is 11.8 Å². The van der Waals surface area contributed by atoms with Crippen LogP contribution < -0.4 is 4.74 Å². The van der Waals surface area contributed by atoms with Gasteiger partial charge in [-0.1, -0.05) is 31.0 Å². The van der Waals surface area contributed by atoms with Crippen LogP contribution in [0.4, 0.5) is 4.79 Å². The average Bonchev–Trinajstić information content (AvgIpc) is 3.57.